The first kappa shape index (κ1) is 14.0. The lowest BCUT2D eigenvalue weighted by Gasteiger charge is -2.18. The van der Waals surface area contributed by atoms with Crippen LogP contribution in [0.25, 0.3) is 0 Å². The van der Waals surface area contributed by atoms with Crippen LogP contribution in [0.15, 0.2) is 6.07 Å². The van der Waals surface area contributed by atoms with Gasteiger partial charge < -0.3 is 10.1 Å². The fraction of sp³-hybridized carbons (Fsp3) is 0.733. The van der Waals surface area contributed by atoms with E-state index in [9.17, 15) is 0 Å². The summed E-state index contributed by atoms with van der Waals surface area (Å²) in [7, 11) is 0. The van der Waals surface area contributed by atoms with Gasteiger partial charge in [0, 0.05) is 28.4 Å². The minimum absolute atomic E-state index is 0.416. The van der Waals surface area contributed by atoms with Gasteiger partial charge in [0.1, 0.15) is 0 Å². The molecule has 0 saturated heterocycles. The second-order valence-electron chi connectivity index (χ2n) is 5.25. The van der Waals surface area contributed by atoms with E-state index in [0.717, 1.165) is 13.2 Å². The molecule has 1 N–H and O–H groups in total. The second-order valence-corrected chi connectivity index (χ2v) is 6.42. The van der Waals surface area contributed by atoms with Crippen LogP contribution in [-0.4, -0.2) is 19.3 Å². The third kappa shape index (κ3) is 3.56. The summed E-state index contributed by atoms with van der Waals surface area (Å²) in [6, 6.07) is 3.28. The summed E-state index contributed by atoms with van der Waals surface area (Å²) in [6.07, 6.45) is 5.31. The van der Waals surface area contributed by atoms with Crippen LogP contribution in [-0.2, 0) is 17.6 Å². The van der Waals surface area contributed by atoms with Crippen molar-refractivity contribution in [1.82, 2.24) is 5.32 Å². The van der Waals surface area contributed by atoms with Crippen LogP contribution >= 0.6 is 11.3 Å². The molecule has 0 fully saturated rings. The number of nitrogens with one attached hydrogen (secondary N) is 1. The van der Waals surface area contributed by atoms with Crippen molar-refractivity contribution in [3.05, 3.63) is 21.4 Å². The molecule has 0 aromatic carbocycles. The molecule has 3 heteroatoms. The highest BCUT2D eigenvalue weighted by atomic mass is 32.1. The molecular formula is C15H25NOS. The molecule has 0 amide bonds. The minimum Gasteiger partial charge on any atom is -0.380 e. The molecule has 2 unspecified atom stereocenters. The van der Waals surface area contributed by atoms with Crippen LogP contribution in [0.1, 0.15) is 55.0 Å². The average molecular weight is 267 g/mol. The van der Waals surface area contributed by atoms with E-state index in [1.165, 1.54) is 30.6 Å². The van der Waals surface area contributed by atoms with E-state index in [0.29, 0.717) is 12.1 Å². The zero-order chi connectivity index (χ0) is 13.0. The summed E-state index contributed by atoms with van der Waals surface area (Å²) < 4.78 is 5.45. The van der Waals surface area contributed by atoms with Crippen molar-refractivity contribution in [1.29, 1.82) is 0 Å². The Bertz CT molecular complexity index is 351. The smallest absolute Gasteiger partial charge is 0.0616 e. The molecule has 102 valence electrons. The summed E-state index contributed by atoms with van der Waals surface area (Å²) in [5, 5.41) is 3.63. The van der Waals surface area contributed by atoms with Crippen LogP contribution in [0.5, 0.6) is 0 Å². The van der Waals surface area contributed by atoms with Gasteiger partial charge in [-0.05, 0) is 58.1 Å². The summed E-state index contributed by atoms with van der Waals surface area (Å²) in [5.41, 5.74) is 1.60. The van der Waals surface area contributed by atoms with Gasteiger partial charge in [-0.25, -0.2) is 0 Å². The molecule has 2 rings (SSSR count). The van der Waals surface area contributed by atoms with E-state index in [1.54, 1.807) is 10.4 Å². The number of fused-ring (bicyclic) bond motifs is 1. The van der Waals surface area contributed by atoms with Crippen LogP contribution in [0.2, 0.25) is 0 Å². The maximum Gasteiger partial charge on any atom is 0.0616 e. The van der Waals surface area contributed by atoms with Gasteiger partial charge in [0.2, 0.25) is 0 Å². The lowest BCUT2D eigenvalue weighted by atomic mass is 9.99. The van der Waals surface area contributed by atoms with Gasteiger partial charge in [0.25, 0.3) is 0 Å². The largest absolute Gasteiger partial charge is 0.380 e. The van der Waals surface area contributed by atoms with Gasteiger partial charge in [-0.3, -0.25) is 0 Å². The number of ether oxygens (including phenoxy) is 1. The van der Waals surface area contributed by atoms with Crippen LogP contribution in [0, 0.1) is 0 Å². The van der Waals surface area contributed by atoms with Gasteiger partial charge in [0.15, 0.2) is 0 Å². The quantitative estimate of drug-likeness (QED) is 0.848. The molecular weight excluding hydrogens is 242 g/mol. The number of hydrogen-bond donors (Lipinski definition) is 1. The molecule has 1 aromatic rings. The Morgan fingerprint density at radius 3 is 2.83 bits per heavy atom. The summed E-state index contributed by atoms with van der Waals surface area (Å²) in [5.74, 6) is 0. The zero-order valence-corrected chi connectivity index (χ0v) is 12.6. The highest BCUT2D eigenvalue weighted by molar-refractivity contribution is 7.12. The van der Waals surface area contributed by atoms with Crippen molar-refractivity contribution in [2.75, 3.05) is 13.2 Å². The number of rotatable bonds is 6. The van der Waals surface area contributed by atoms with Crippen molar-refractivity contribution >= 4 is 11.3 Å². The predicted octanol–water partition coefficient (Wildman–Crippen LogP) is 3.70. The summed E-state index contributed by atoms with van der Waals surface area (Å²) in [6.45, 7) is 8.10. The molecule has 1 heterocycles. The summed E-state index contributed by atoms with van der Waals surface area (Å²) >= 11 is 2.01. The minimum atomic E-state index is 0.416. The third-order valence-electron chi connectivity index (χ3n) is 3.55. The maximum absolute atomic E-state index is 5.45. The molecule has 0 aliphatic heterocycles. The Morgan fingerprint density at radius 2 is 2.11 bits per heavy atom. The van der Waals surface area contributed by atoms with Gasteiger partial charge in [-0.2, -0.15) is 0 Å². The van der Waals surface area contributed by atoms with Crippen molar-refractivity contribution in [2.45, 2.75) is 58.5 Å². The Hall–Kier alpha value is -0.380. The SMILES string of the molecule is CCOCC(C)NC(C)c1cc2c(s1)CCCC2. The topological polar surface area (TPSA) is 21.3 Å². The van der Waals surface area contributed by atoms with E-state index in [1.807, 2.05) is 18.3 Å². The average Bonchev–Trinajstić information content (AvgIpc) is 2.80. The van der Waals surface area contributed by atoms with Crippen LogP contribution < -0.4 is 5.32 Å². The van der Waals surface area contributed by atoms with E-state index in [2.05, 4.69) is 25.2 Å². The van der Waals surface area contributed by atoms with E-state index in [-0.39, 0.29) is 0 Å². The van der Waals surface area contributed by atoms with Crippen molar-refractivity contribution < 1.29 is 4.74 Å². The molecule has 2 nitrogen and oxygen atoms in total. The normalized spacial score (nSPS) is 18.4. The molecule has 0 radical (unpaired) electrons. The zero-order valence-electron chi connectivity index (χ0n) is 11.8. The molecule has 18 heavy (non-hydrogen) atoms. The van der Waals surface area contributed by atoms with Crippen molar-refractivity contribution in [3.8, 4) is 0 Å². The maximum atomic E-state index is 5.45. The van der Waals surface area contributed by atoms with Crippen molar-refractivity contribution in [2.24, 2.45) is 0 Å². The van der Waals surface area contributed by atoms with Crippen molar-refractivity contribution in [3.63, 3.8) is 0 Å². The lowest BCUT2D eigenvalue weighted by Crippen LogP contribution is -2.32. The molecule has 0 saturated carbocycles. The Balaban J connectivity index is 1.92. The van der Waals surface area contributed by atoms with E-state index >= 15 is 0 Å². The highest BCUT2D eigenvalue weighted by Gasteiger charge is 2.17. The number of thiophene rings is 1. The predicted molar refractivity (Wildman–Crippen MR) is 78.5 cm³/mol. The molecule has 2 atom stereocenters. The lowest BCUT2D eigenvalue weighted by molar-refractivity contribution is 0.124. The van der Waals surface area contributed by atoms with Gasteiger partial charge in [0.05, 0.1) is 6.61 Å². The molecule has 0 bridgehead atoms. The molecule has 1 aromatic heterocycles. The fourth-order valence-corrected chi connectivity index (χ4v) is 3.85. The standard InChI is InChI=1S/C15H25NOS/c1-4-17-10-11(2)16-12(3)15-9-13-7-5-6-8-14(13)18-15/h9,11-12,16H,4-8,10H2,1-3H3. The Kier molecular flexibility index (Phi) is 5.22. The van der Waals surface area contributed by atoms with Crippen LogP contribution in [0.4, 0.5) is 0 Å². The molecule has 0 spiro atoms. The van der Waals surface area contributed by atoms with E-state index < -0.39 is 0 Å². The van der Waals surface area contributed by atoms with E-state index in [4.69, 9.17) is 4.74 Å². The van der Waals surface area contributed by atoms with Gasteiger partial charge in [-0.1, -0.05) is 0 Å². The first-order chi connectivity index (χ1) is 8.70. The first-order valence-electron chi connectivity index (χ1n) is 7.16. The van der Waals surface area contributed by atoms with Crippen LogP contribution in [0.3, 0.4) is 0 Å². The third-order valence-corrected chi connectivity index (χ3v) is 4.97. The Morgan fingerprint density at radius 1 is 1.33 bits per heavy atom. The highest BCUT2D eigenvalue weighted by Crippen LogP contribution is 2.32. The summed E-state index contributed by atoms with van der Waals surface area (Å²) in [4.78, 5) is 3.12. The second kappa shape index (κ2) is 6.69. The fourth-order valence-electron chi connectivity index (χ4n) is 2.58. The monoisotopic (exact) mass is 267 g/mol. The molecule has 1 aliphatic rings. The Labute approximate surface area is 115 Å². The molecule has 1 aliphatic carbocycles. The first-order valence-corrected chi connectivity index (χ1v) is 7.97. The van der Waals surface area contributed by atoms with Gasteiger partial charge >= 0.3 is 0 Å². The van der Waals surface area contributed by atoms with Gasteiger partial charge in [-0.15, -0.1) is 11.3 Å². The number of hydrogen-bond acceptors (Lipinski definition) is 3. The number of aryl methyl sites for hydroxylation is 2.